The summed E-state index contributed by atoms with van der Waals surface area (Å²) < 4.78 is 5.92. The Morgan fingerprint density at radius 3 is 2.16 bits per heavy atom. The molecule has 0 bridgehead atoms. The van der Waals surface area contributed by atoms with Crippen LogP contribution >= 0.6 is 0 Å². The third-order valence-electron chi connectivity index (χ3n) is 8.17. The number of nitrogens with zero attached hydrogens (tertiary/aromatic N) is 1. The van der Waals surface area contributed by atoms with Crippen molar-refractivity contribution in [1.82, 2.24) is 10.2 Å². The average molecular weight is 511 g/mol. The minimum absolute atomic E-state index is 0.105. The molecule has 1 aromatic rings. The van der Waals surface area contributed by atoms with Crippen molar-refractivity contribution in [3.8, 4) is 5.75 Å². The molecule has 7 nitrogen and oxygen atoms in total. The molecule has 2 aliphatic heterocycles. The van der Waals surface area contributed by atoms with Gasteiger partial charge < -0.3 is 4.74 Å². The third-order valence-corrected chi connectivity index (χ3v) is 8.17. The Hall–Kier alpha value is -2.70. The predicted molar refractivity (Wildman–Crippen MR) is 141 cm³/mol. The fraction of sp³-hybridized carbons (Fsp3) is 0.667. The van der Waals surface area contributed by atoms with E-state index >= 15 is 0 Å². The van der Waals surface area contributed by atoms with E-state index in [-0.39, 0.29) is 29.9 Å². The number of benzene rings is 1. The van der Waals surface area contributed by atoms with Gasteiger partial charge in [-0.2, -0.15) is 0 Å². The number of piperidine rings is 1. The number of hydrogen-bond donors (Lipinski definition) is 1. The lowest BCUT2D eigenvalue weighted by Crippen LogP contribution is -2.54. The fourth-order valence-electron chi connectivity index (χ4n) is 6.03. The summed E-state index contributed by atoms with van der Waals surface area (Å²) in [6.07, 6.45) is 20.1. The molecular weight excluding hydrogens is 468 g/mol. The zero-order valence-electron chi connectivity index (χ0n) is 22.1. The summed E-state index contributed by atoms with van der Waals surface area (Å²) >= 11 is 0. The van der Waals surface area contributed by atoms with Crippen LogP contribution in [-0.2, 0) is 9.59 Å². The Bertz CT molecular complexity index is 967. The molecule has 1 aromatic carbocycles. The molecule has 0 radical (unpaired) electrons. The molecule has 3 aliphatic rings. The smallest absolute Gasteiger partial charge is 0.266 e. The Kier molecular flexibility index (Phi) is 10.1. The number of unbranched alkanes of at least 4 members (excludes halogenated alkanes) is 7. The summed E-state index contributed by atoms with van der Waals surface area (Å²) in [6.45, 7) is 0.484. The first-order valence-corrected chi connectivity index (χ1v) is 14.5. The molecule has 1 saturated heterocycles. The molecule has 0 aromatic heterocycles. The summed E-state index contributed by atoms with van der Waals surface area (Å²) in [5.41, 5.74) is 0.479. The van der Waals surface area contributed by atoms with Crippen LogP contribution < -0.4 is 10.1 Å². The van der Waals surface area contributed by atoms with Crippen molar-refractivity contribution in [2.45, 2.75) is 115 Å². The van der Waals surface area contributed by atoms with Gasteiger partial charge in [-0.15, -0.1) is 0 Å². The SMILES string of the molecule is O=C1CCC(N2C(=O)c3cccc(OCCCCCCCCCCC4CCCCCC4)c3C2=O)C(=O)N1. The predicted octanol–water partition coefficient (Wildman–Crippen LogP) is 5.95. The largest absolute Gasteiger partial charge is 0.493 e. The zero-order valence-corrected chi connectivity index (χ0v) is 22.1. The van der Waals surface area contributed by atoms with Crippen molar-refractivity contribution >= 4 is 23.6 Å². The van der Waals surface area contributed by atoms with Gasteiger partial charge in [0, 0.05) is 6.42 Å². The summed E-state index contributed by atoms with van der Waals surface area (Å²) in [4.78, 5) is 50.7. The highest BCUT2D eigenvalue weighted by Gasteiger charge is 2.45. The minimum atomic E-state index is -0.963. The minimum Gasteiger partial charge on any atom is -0.493 e. The Balaban J connectivity index is 1.12. The molecule has 1 unspecified atom stereocenters. The molecule has 1 atom stereocenters. The third kappa shape index (κ3) is 7.20. The van der Waals surface area contributed by atoms with Crippen molar-refractivity contribution in [3.63, 3.8) is 0 Å². The lowest BCUT2D eigenvalue weighted by molar-refractivity contribution is -0.136. The van der Waals surface area contributed by atoms with Crippen LogP contribution in [0.25, 0.3) is 0 Å². The van der Waals surface area contributed by atoms with Gasteiger partial charge in [-0.3, -0.25) is 29.4 Å². The zero-order chi connectivity index (χ0) is 26.0. The first-order valence-electron chi connectivity index (χ1n) is 14.5. The van der Waals surface area contributed by atoms with E-state index in [0.29, 0.717) is 12.4 Å². The van der Waals surface area contributed by atoms with Crippen LogP contribution in [0, 0.1) is 5.92 Å². The normalized spacial score (nSPS) is 20.6. The van der Waals surface area contributed by atoms with Crippen molar-refractivity contribution in [3.05, 3.63) is 29.3 Å². The van der Waals surface area contributed by atoms with Crippen molar-refractivity contribution < 1.29 is 23.9 Å². The van der Waals surface area contributed by atoms with E-state index in [1.165, 1.54) is 83.5 Å². The molecule has 2 heterocycles. The summed E-state index contributed by atoms with van der Waals surface area (Å²) in [7, 11) is 0. The molecule has 4 amide bonds. The Morgan fingerprint density at radius 2 is 1.46 bits per heavy atom. The highest BCUT2D eigenvalue weighted by atomic mass is 16.5. The quantitative estimate of drug-likeness (QED) is 0.201. The molecule has 0 spiro atoms. The maximum atomic E-state index is 13.1. The lowest BCUT2D eigenvalue weighted by atomic mass is 9.93. The van der Waals surface area contributed by atoms with E-state index in [1.807, 2.05) is 0 Å². The van der Waals surface area contributed by atoms with E-state index in [0.717, 1.165) is 23.7 Å². The first-order chi connectivity index (χ1) is 18.1. The maximum absolute atomic E-state index is 13.1. The highest BCUT2D eigenvalue weighted by Crippen LogP contribution is 2.34. The van der Waals surface area contributed by atoms with Gasteiger partial charge in [-0.1, -0.05) is 96.0 Å². The second kappa shape index (κ2) is 13.7. The van der Waals surface area contributed by atoms with Crippen LogP contribution in [0.3, 0.4) is 0 Å². The van der Waals surface area contributed by atoms with Crippen molar-refractivity contribution in [2.24, 2.45) is 5.92 Å². The number of nitrogens with one attached hydrogen (secondary N) is 1. The van der Waals surface area contributed by atoms with E-state index in [9.17, 15) is 19.2 Å². The van der Waals surface area contributed by atoms with Gasteiger partial charge in [-0.25, -0.2) is 0 Å². The number of fused-ring (bicyclic) bond motifs is 1. The summed E-state index contributed by atoms with van der Waals surface area (Å²) in [5, 5.41) is 2.22. The molecule has 2 fully saturated rings. The van der Waals surface area contributed by atoms with Gasteiger partial charge in [0.25, 0.3) is 11.8 Å². The molecule has 202 valence electrons. The average Bonchev–Trinajstić information content (AvgIpc) is 3.04. The van der Waals surface area contributed by atoms with Crippen LogP contribution in [0.4, 0.5) is 0 Å². The van der Waals surface area contributed by atoms with Crippen LogP contribution in [-0.4, -0.2) is 41.2 Å². The first kappa shape index (κ1) is 27.3. The number of rotatable bonds is 13. The number of imide groups is 2. The number of carbonyl (C=O) groups excluding carboxylic acids is 4. The van der Waals surface area contributed by atoms with Crippen molar-refractivity contribution in [1.29, 1.82) is 0 Å². The highest BCUT2D eigenvalue weighted by molar-refractivity contribution is 6.24. The number of hydrogen-bond acceptors (Lipinski definition) is 5. The second-order valence-corrected chi connectivity index (χ2v) is 10.9. The molecular formula is C30H42N2O5. The van der Waals surface area contributed by atoms with Gasteiger partial charge in [0.2, 0.25) is 11.8 Å². The van der Waals surface area contributed by atoms with Gasteiger partial charge in [0.05, 0.1) is 17.7 Å². The monoisotopic (exact) mass is 510 g/mol. The van der Waals surface area contributed by atoms with Gasteiger partial charge in [0.15, 0.2) is 0 Å². The lowest BCUT2D eigenvalue weighted by Gasteiger charge is -2.27. The molecule has 1 N–H and O–H groups in total. The maximum Gasteiger partial charge on any atom is 0.266 e. The van der Waals surface area contributed by atoms with E-state index in [4.69, 9.17) is 4.74 Å². The summed E-state index contributed by atoms with van der Waals surface area (Å²) in [5.74, 6) is -0.639. The Labute approximate surface area is 220 Å². The van der Waals surface area contributed by atoms with E-state index in [2.05, 4.69) is 5.32 Å². The molecule has 7 heteroatoms. The number of ether oxygens (including phenoxy) is 1. The molecule has 1 saturated carbocycles. The van der Waals surface area contributed by atoms with Crippen LogP contribution in [0.1, 0.15) is 130 Å². The number of carbonyl (C=O) groups is 4. The molecule has 37 heavy (non-hydrogen) atoms. The molecule has 4 rings (SSSR count). The van der Waals surface area contributed by atoms with Gasteiger partial charge in [0.1, 0.15) is 11.8 Å². The van der Waals surface area contributed by atoms with Crippen LogP contribution in [0.5, 0.6) is 5.75 Å². The van der Waals surface area contributed by atoms with Gasteiger partial charge in [-0.05, 0) is 30.9 Å². The van der Waals surface area contributed by atoms with E-state index in [1.54, 1.807) is 18.2 Å². The second-order valence-electron chi connectivity index (χ2n) is 10.9. The Morgan fingerprint density at radius 1 is 0.784 bits per heavy atom. The van der Waals surface area contributed by atoms with Crippen LogP contribution in [0.2, 0.25) is 0 Å². The summed E-state index contributed by atoms with van der Waals surface area (Å²) in [6, 6.07) is 4.02. The van der Waals surface area contributed by atoms with Crippen molar-refractivity contribution in [2.75, 3.05) is 6.61 Å². The standard InChI is InChI=1S/C30H42N2O5/c33-26-20-19-24(28(34)31-26)32-29(35)23-17-13-18-25(27(23)30(32)36)37-21-12-8-4-2-1-3-5-9-14-22-15-10-6-7-11-16-22/h13,17-18,22,24H,1-12,14-16,19-21H2,(H,31,33,34). The number of amides is 4. The van der Waals surface area contributed by atoms with Crippen LogP contribution in [0.15, 0.2) is 18.2 Å². The van der Waals surface area contributed by atoms with E-state index < -0.39 is 23.8 Å². The fourth-order valence-corrected chi connectivity index (χ4v) is 6.03. The molecule has 1 aliphatic carbocycles. The van der Waals surface area contributed by atoms with Gasteiger partial charge >= 0.3 is 0 Å². The topological polar surface area (TPSA) is 92.8 Å².